The number of likely N-dealkylation sites (N-methyl/N-ethyl adjacent to an activating group) is 1. The van der Waals surface area contributed by atoms with E-state index in [0.717, 1.165) is 44.9 Å². The van der Waals surface area contributed by atoms with E-state index < -0.39 is 13.9 Å². The maximum Gasteiger partial charge on any atom is 0.306 e. The van der Waals surface area contributed by atoms with Gasteiger partial charge in [-0.15, -0.1) is 0 Å². The molecule has 0 aliphatic rings. The molecule has 0 aromatic heterocycles. The van der Waals surface area contributed by atoms with Crippen molar-refractivity contribution in [2.24, 2.45) is 0 Å². The molecule has 0 radical (unpaired) electrons. The summed E-state index contributed by atoms with van der Waals surface area (Å²) >= 11 is 0. The lowest BCUT2D eigenvalue weighted by Gasteiger charge is -2.28. The number of carbonyl (C=O) groups excluding carboxylic acids is 1. The van der Waals surface area contributed by atoms with Crippen LogP contribution >= 0.6 is 7.82 Å². The Balaban J connectivity index is 4.32. The maximum absolute atomic E-state index is 12.6. The Morgan fingerprint density at radius 1 is 0.608 bits per heavy atom. The van der Waals surface area contributed by atoms with Crippen molar-refractivity contribution in [2.45, 2.75) is 193 Å². The molecule has 9 heteroatoms. The molecule has 0 aromatic rings. The zero-order valence-corrected chi connectivity index (χ0v) is 35.0. The molecule has 0 spiro atoms. The normalized spacial score (nSPS) is 14.0. The zero-order chi connectivity index (χ0) is 37.7. The van der Waals surface area contributed by atoms with E-state index in [9.17, 15) is 14.3 Å². The Hall–Kier alpha value is -1.18. The lowest BCUT2D eigenvalue weighted by Crippen LogP contribution is -2.37. The number of carbonyl (C=O) groups is 1. The number of allylic oxidation sites excluding steroid dienone is 3. The van der Waals surface area contributed by atoms with E-state index in [1.165, 1.54) is 122 Å². The Kier molecular flexibility index (Phi) is 35.0. The van der Waals surface area contributed by atoms with Crippen LogP contribution in [0.15, 0.2) is 24.5 Å². The number of esters is 1. The molecule has 0 saturated heterocycles. The van der Waals surface area contributed by atoms with E-state index in [1.54, 1.807) is 6.26 Å². The van der Waals surface area contributed by atoms with Crippen LogP contribution in [0.2, 0.25) is 0 Å². The molecule has 302 valence electrons. The minimum Gasteiger partial charge on any atom is -0.756 e. The average molecular weight is 744 g/mol. The fraction of sp³-hybridized carbons (Fsp3) is 0.881. The molecular formula is C42H82NO7P. The topological polar surface area (TPSA) is 94.1 Å². The van der Waals surface area contributed by atoms with Gasteiger partial charge in [0.2, 0.25) is 0 Å². The summed E-state index contributed by atoms with van der Waals surface area (Å²) in [4.78, 5) is 25.0. The lowest BCUT2D eigenvalue weighted by atomic mass is 10.0. The molecule has 0 aliphatic carbocycles. The van der Waals surface area contributed by atoms with E-state index in [0.29, 0.717) is 17.4 Å². The second-order valence-electron chi connectivity index (χ2n) is 15.4. The van der Waals surface area contributed by atoms with Gasteiger partial charge in [0.1, 0.15) is 19.8 Å². The number of phosphoric acid groups is 1. The van der Waals surface area contributed by atoms with Crippen LogP contribution in [-0.2, 0) is 27.9 Å². The summed E-state index contributed by atoms with van der Waals surface area (Å²) in [6.07, 6.45) is 39.9. The highest BCUT2D eigenvalue weighted by Gasteiger charge is 2.20. The van der Waals surface area contributed by atoms with Crippen molar-refractivity contribution < 1.29 is 37.3 Å². The monoisotopic (exact) mass is 744 g/mol. The molecule has 0 bridgehead atoms. The summed E-state index contributed by atoms with van der Waals surface area (Å²) in [6.45, 7) is 4.73. The molecule has 0 rings (SSSR count). The number of ether oxygens (including phenoxy) is 2. The number of rotatable bonds is 39. The van der Waals surface area contributed by atoms with Crippen LogP contribution in [0.1, 0.15) is 187 Å². The predicted octanol–water partition coefficient (Wildman–Crippen LogP) is 11.8. The third-order valence-corrected chi connectivity index (χ3v) is 10.0. The van der Waals surface area contributed by atoms with E-state index >= 15 is 0 Å². The van der Waals surface area contributed by atoms with Crippen molar-refractivity contribution in [3.8, 4) is 0 Å². The number of phosphoric ester groups is 1. The standard InChI is InChI=1S/C42H82NO7P/c1-6-8-10-12-14-16-18-20-22-23-25-27-29-31-33-35-42(44)50-41(40-49-51(45,46)48-38-36-43(3,4)5)39-47-37-34-32-30-28-26-24-21-19-17-15-13-11-9-7-2/h20,22,34,37,41H,6-19,21,23-33,35-36,38-40H2,1-5H3/b22-20+,37-34-/t41-/m1/s1. The van der Waals surface area contributed by atoms with Crippen molar-refractivity contribution in [1.29, 1.82) is 0 Å². The summed E-state index contributed by atoms with van der Waals surface area (Å²) in [5.74, 6) is -0.364. The molecule has 0 fully saturated rings. The number of nitrogens with zero attached hydrogens (tertiary/aromatic N) is 1. The molecular weight excluding hydrogens is 661 g/mol. The van der Waals surface area contributed by atoms with Crippen LogP contribution in [0.5, 0.6) is 0 Å². The number of hydrogen-bond donors (Lipinski definition) is 0. The average Bonchev–Trinajstić information content (AvgIpc) is 3.08. The van der Waals surface area contributed by atoms with Crippen molar-refractivity contribution in [3.05, 3.63) is 24.5 Å². The van der Waals surface area contributed by atoms with Crippen molar-refractivity contribution >= 4 is 13.8 Å². The van der Waals surface area contributed by atoms with Crippen LogP contribution in [0.4, 0.5) is 0 Å². The van der Waals surface area contributed by atoms with Crippen LogP contribution in [0.3, 0.4) is 0 Å². The first-order valence-corrected chi connectivity index (χ1v) is 22.6. The van der Waals surface area contributed by atoms with Crippen LogP contribution in [0, 0.1) is 0 Å². The second kappa shape index (κ2) is 35.8. The van der Waals surface area contributed by atoms with E-state index in [1.807, 2.05) is 27.2 Å². The van der Waals surface area contributed by atoms with Gasteiger partial charge in [-0.3, -0.25) is 9.36 Å². The summed E-state index contributed by atoms with van der Waals surface area (Å²) in [7, 11) is 1.32. The van der Waals surface area contributed by atoms with Gasteiger partial charge in [0.15, 0.2) is 6.10 Å². The molecule has 0 aliphatic heterocycles. The van der Waals surface area contributed by atoms with Gasteiger partial charge in [0.05, 0.1) is 34.0 Å². The molecule has 2 atom stereocenters. The summed E-state index contributed by atoms with van der Waals surface area (Å²) in [5, 5.41) is 0. The molecule has 0 saturated carbocycles. The third-order valence-electron chi connectivity index (χ3n) is 9.07. The molecule has 0 heterocycles. The van der Waals surface area contributed by atoms with Gasteiger partial charge in [0.25, 0.3) is 7.82 Å². The van der Waals surface area contributed by atoms with E-state index in [4.69, 9.17) is 18.5 Å². The fourth-order valence-electron chi connectivity index (χ4n) is 5.74. The highest BCUT2D eigenvalue weighted by molar-refractivity contribution is 7.45. The summed E-state index contributed by atoms with van der Waals surface area (Å²) in [5.41, 5.74) is 0. The van der Waals surface area contributed by atoms with Gasteiger partial charge in [-0.25, -0.2) is 0 Å². The quantitative estimate of drug-likeness (QED) is 0.0154. The Morgan fingerprint density at radius 3 is 1.51 bits per heavy atom. The van der Waals surface area contributed by atoms with Gasteiger partial charge >= 0.3 is 5.97 Å². The van der Waals surface area contributed by atoms with Crippen molar-refractivity contribution in [2.75, 3.05) is 47.5 Å². The first kappa shape index (κ1) is 49.8. The number of quaternary nitrogens is 1. The molecule has 0 aromatic carbocycles. The predicted molar refractivity (Wildman–Crippen MR) is 213 cm³/mol. The number of unbranched alkanes of at least 4 members (excludes halogenated alkanes) is 23. The third kappa shape index (κ3) is 39.9. The smallest absolute Gasteiger partial charge is 0.306 e. The lowest BCUT2D eigenvalue weighted by molar-refractivity contribution is -0.870. The first-order chi connectivity index (χ1) is 24.6. The van der Waals surface area contributed by atoms with Gasteiger partial charge in [-0.2, -0.15) is 0 Å². The van der Waals surface area contributed by atoms with Crippen molar-refractivity contribution in [3.63, 3.8) is 0 Å². The van der Waals surface area contributed by atoms with Gasteiger partial charge in [0, 0.05) is 6.42 Å². The van der Waals surface area contributed by atoms with E-state index in [2.05, 4.69) is 26.0 Å². The Labute approximate surface area is 315 Å². The SMILES string of the molecule is CCCCCCCC/C=C/CCCCCCCC(=O)O[C@H](CO/C=C\CCCCCCCCCCCCCC)COP(=O)([O-])OCC[N+](C)(C)C. The van der Waals surface area contributed by atoms with Gasteiger partial charge in [-0.05, 0) is 51.0 Å². The molecule has 0 amide bonds. The van der Waals surface area contributed by atoms with Crippen LogP contribution in [-0.4, -0.2) is 64.1 Å². The zero-order valence-electron chi connectivity index (χ0n) is 34.1. The fourth-order valence-corrected chi connectivity index (χ4v) is 6.47. The highest BCUT2D eigenvalue weighted by Crippen LogP contribution is 2.38. The minimum atomic E-state index is -4.54. The first-order valence-electron chi connectivity index (χ1n) is 21.1. The second-order valence-corrected chi connectivity index (χ2v) is 16.8. The molecule has 1 unspecified atom stereocenters. The van der Waals surface area contributed by atoms with Crippen molar-refractivity contribution in [1.82, 2.24) is 0 Å². The highest BCUT2D eigenvalue weighted by atomic mass is 31.2. The summed E-state index contributed by atoms with van der Waals surface area (Å²) in [6, 6.07) is 0. The molecule has 0 N–H and O–H groups in total. The van der Waals surface area contributed by atoms with E-state index in [-0.39, 0.29) is 25.8 Å². The summed E-state index contributed by atoms with van der Waals surface area (Å²) < 4.78 is 34.3. The molecule has 51 heavy (non-hydrogen) atoms. The largest absolute Gasteiger partial charge is 0.756 e. The van der Waals surface area contributed by atoms with Crippen LogP contribution < -0.4 is 4.89 Å². The van der Waals surface area contributed by atoms with Crippen LogP contribution in [0.25, 0.3) is 0 Å². The Morgan fingerprint density at radius 2 is 1.04 bits per heavy atom. The molecule has 8 nitrogen and oxygen atoms in total. The Bertz CT molecular complexity index is 874. The number of hydrogen-bond acceptors (Lipinski definition) is 7. The van der Waals surface area contributed by atoms with Gasteiger partial charge in [-0.1, -0.05) is 148 Å². The maximum atomic E-state index is 12.6. The minimum absolute atomic E-state index is 0.0164. The van der Waals surface area contributed by atoms with Gasteiger partial charge < -0.3 is 27.9 Å².